The number of benzene rings is 1. The number of nitrogens with two attached hydrogens (primary N) is 1. The van der Waals surface area contributed by atoms with Gasteiger partial charge < -0.3 is 15.8 Å². The maximum atomic E-state index is 14.7. The van der Waals surface area contributed by atoms with Crippen LogP contribution in [0.4, 0.5) is 8.78 Å². The lowest BCUT2D eigenvalue weighted by molar-refractivity contribution is -0.119. The number of rotatable bonds is 10. The molecule has 35 heavy (non-hydrogen) atoms. The van der Waals surface area contributed by atoms with Crippen LogP contribution in [-0.4, -0.2) is 36.4 Å². The van der Waals surface area contributed by atoms with Crippen molar-refractivity contribution in [2.75, 3.05) is 13.2 Å². The van der Waals surface area contributed by atoms with Crippen molar-refractivity contribution < 1.29 is 18.3 Å². The summed E-state index contributed by atoms with van der Waals surface area (Å²) in [6.07, 6.45) is 18.1. The van der Waals surface area contributed by atoms with E-state index >= 15 is 0 Å². The van der Waals surface area contributed by atoms with Crippen LogP contribution in [0, 0.1) is 0 Å². The fourth-order valence-corrected chi connectivity index (χ4v) is 3.94. The minimum Gasteiger partial charge on any atom is -0.489 e. The van der Waals surface area contributed by atoms with Gasteiger partial charge in [-0.15, -0.1) is 0 Å². The van der Waals surface area contributed by atoms with E-state index in [2.05, 4.69) is 5.32 Å². The summed E-state index contributed by atoms with van der Waals surface area (Å²) < 4.78 is 35.4. The molecule has 0 saturated carbocycles. The van der Waals surface area contributed by atoms with E-state index < -0.39 is 23.3 Å². The van der Waals surface area contributed by atoms with Crippen molar-refractivity contribution in [3.8, 4) is 5.75 Å². The first kappa shape index (κ1) is 26.4. The molecule has 6 heteroatoms. The van der Waals surface area contributed by atoms with Crippen molar-refractivity contribution in [2.24, 2.45) is 5.73 Å². The number of ether oxygens (including phenoxy) is 1. The summed E-state index contributed by atoms with van der Waals surface area (Å²) in [6, 6.07) is 5.48. The SMILES string of the molecule is C[C@H](NCCc1ccc(OCC2=CC(C)(F)C=CC=C2)c(CC2=CC(C)(F)C=CC=C2)c1)C(N)=O. The van der Waals surface area contributed by atoms with Gasteiger partial charge in [0.1, 0.15) is 23.7 Å². The second-order valence-electron chi connectivity index (χ2n) is 9.41. The van der Waals surface area contributed by atoms with Crippen LogP contribution < -0.4 is 15.8 Å². The molecule has 0 spiro atoms. The van der Waals surface area contributed by atoms with Crippen molar-refractivity contribution in [3.63, 3.8) is 0 Å². The molecule has 3 N–H and O–H groups in total. The van der Waals surface area contributed by atoms with Crippen LogP contribution in [0.25, 0.3) is 0 Å². The zero-order valence-electron chi connectivity index (χ0n) is 20.6. The minimum atomic E-state index is -1.54. The van der Waals surface area contributed by atoms with E-state index in [9.17, 15) is 13.6 Å². The lowest BCUT2D eigenvalue weighted by atomic mass is 9.97. The van der Waals surface area contributed by atoms with Crippen LogP contribution in [-0.2, 0) is 17.6 Å². The van der Waals surface area contributed by atoms with E-state index in [1.54, 1.807) is 37.3 Å². The van der Waals surface area contributed by atoms with Gasteiger partial charge in [0.25, 0.3) is 0 Å². The molecule has 0 fully saturated rings. The summed E-state index contributed by atoms with van der Waals surface area (Å²) in [7, 11) is 0. The molecule has 0 radical (unpaired) electrons. The minimum absolute atomic E-state index is 0.207. The predicted octanol–water partition coefficient (Wildman–Crippen LogP) is 5.18. The molecule has 0 aromatic heterocycles. The van der Waals surface area contributed by atoms with E-state index in [0.29, 0.717) is 25.1 Å². The van der Waals surface area contributed by atoms with Crippen LogP contribution in [0.2, 0.25) is 0 Å². The summed E-state index contributed by atoms with van der Waals surface area (Å²) in [6.45, 7) is 5.53. The van der Waals surface area contributed by atoms with Crippen molar-refractivity contribution in [1.29, 1.82) is 0 Å². The fourth-order valence-electron chi connectivity index (χ4n) is 3.94. The standard InChI is InChI=1S/C29H34F2N2O2/c1-21(27(32)34)33-15-12-22-10-11-26(35-20-24-9-5-7-14-29(3,31)19-24)25(16-22)17-23-8-4-6-13-28(2,30)18-23/h4-11,13-14,16,18-19,21,33H,12,15,17,20H2,1-3H3,(H2,32,34)/t21-,28?,29?/m0/s1. The van der Waals surface area contributed by atoms with Gasteiger partial charge >= 0.3 is 0 Å². The zero-order valence-corrected chi connectivity index (χ0v) is 20.6. The van der Waals surface area contributed by atoms with Gasteiger partial charge in [-0.25, -0.2) is 8.78 Å². The highest BCUT2D eigenvalue weighted by Gasteiger charge is 2.20. The van der Waals surface area contributed by atoms with Gasteiger partial charge in [-0.05, 0) is 86.4 Å². The van der Waals surface area contributed by atoms with Crippen molar-refractivity contribution in [1.82, 2.24) is 5.32 Å². The first-order valence-electron chi connectivity index (χ1n) is 11.8. The van der Waals surface area contributed by atoms with Gasteiger partial charge in [-0.3, -0.25) is 4.79 Å². The molecule has 1 aromatic rings. The van der Waals surface area contributed by atoms with Gasteiger partial charge in [0.05, 0.1) is 6.04 Å². The van der Waals surface area contributed by atoms with E-state index in [-0.39, 0.29) is 6.61 Å². The van der Waals surface area contributed by atoms with Crippen LogP contribution in [0.15, 0.2) is 90.1 Å². The Labute approximate surface area is 206 Å². The highest BCUT2D eigenvalue weighted by Crippen LogP contribution is 2.28. The Hall–Kier alpha value is -3.25. The highest BCUT2D eigenvalue weighted by atomic mass is 19.1. The number of carbonyl (C=O) groups is 1. The number of hydrogen-bond donors (Lipinski definition) is 2. The normalized spacial score (nSPS) is 24.4. The van der Waals surface area contributed by atoms with Gasteiger partial charge in [-0.2, -0.15) is 0 Å². The summed E-state index contributed by atoms with van der Waals surface area (Å²) in [5, 5.41) is 3.10. The number of hydrogen-bond acceptors (Lipinski definition) is 3. The van der Waals surface area contributed by atoms with E-state index in [0.717, 1.165) is 22.3 Å². The molecule has 0 bridgehead atoms. The van der Waals surface area contributed by atoms with Crippen LogP contribution >= 0.6 is 0 Å². The Morgan fingerprint density at radius 2 is 1.66 bits per heavy atom. The second kappa shape index (κ2) is 11.5. The zero-order chi connectivity index (χ0) is 25.5. The molecule has 4 nitrogen and oxygen atoms in total. The molecule has 3 atom stereocenters. The van der Waals surface area contributed by atoms with E-state index in [1.807, 2.05) is 36.4 Å². The molecule has 1 aromatic carbocycles. The molecule has 186 valence electrons. The third-order valence-electron chi connectivity index (χ3n) is 5.83. The Balaban J connectivity index is 1.81. The molecule has 0 aliphatic heterocycles. The van der Waals surface area contributed by atoms with Crippen LogP contribution in [0.5, 0.6) is 5.75 Å². The topological polar surface area (TPSA) is 64.3 Å². The van der Waals surface area contributed by atoms with Crippen LogP contribution in [0.3, 0.4) is 0 Å². The summed E-state index contributed by atoms with van der Waals surface area (Å²) >= 11 is 0. The first-order valence-corrected chi connectivity index (χ1v) is 11.8. The van der Waals surface area contributed by atoms with E-state index in [1.165, 1.54) is 26.0 Å². The number of nitrogens with one attached hydrogen (secondary N) is 1. The molecule has 1 amide bonds. The third-order valence-corrected chi connectivity index (χ3v) is 5.83. The number of alkyl halides is 2. The summed E-state index contributed by atoms with van der Waals surface area (Å²) in [5.74, 6) is 0.261. The first-order chi connectivity index (χ1) is 16.5. The van der Waals surface area contributed by atoms with Gasteiger partial charge in [-0.1, -0.05) is 48.6 Å². The van der Waals surface area contributed by atoms with Gasteiger partial charge in [0.2, 0.25) is 5.91 Å². The monoisotopic (exact) mass is 480 g/mol. The molecule has 2 aliphatic carbocycles. The van der Waals surface area contributed by atoms with Crippen molar-refractivity contribution >= 4 is 5.91 Å². The number of primary amides is 1. The number of allylic oxidation sites excluding steroid dienone is 10. The number of carbonyl (C=O) groups excluding carboxylic acids is 1. The lowest BCUT2D eigenvalue weighted by Gasteiger charge is -2.17. The Bertz CT molecular complexity index is 1110. The maximum absolute atomic E-state index is 14.7. The Morgan fingerprint density at radius 3 is 2.31 bits per heavy atom. The highest BCUT2D eigenvalue weighted by molar-refractivity contribution is 5.79. The van der Waals surface area contributed by atoms with Gasteiger partial charge in [0.15, 0.2) is 0 Å². The summed E-state index contributed by atoms with van der Waals surface area (Å²) in [4.78, 5) is 11.3. The fraction of sp³-hybridized carbons (Fsp3) is 0.345. The average Bonchev–Trinajstić information content (AvgIpc) is 3.06. The summed E-state index contributed by atoms with van der Waals surface area (Å²) in [5.41, 5.74) is 5.74. The molecular weight excluding hydrogens is 446 g/mol. The van der Waals surface area contributed by atoms with Gasteiger partial charge in [0, 0.05) is 6.42 Å². The average molecular weight is 481 g/mol. The molecule has 0 saturated heterocycles. The predicted molar refractivity (Wildman–Crippen MR) is 138 cm³/mol. The number of amides is 1. The quantitative estimate of drug-likeness (QED) is 0.485. The second-order valence-corrected chi connectivity index (χ2v) is 9.41. The molecule has 2 unspecified atom stereocenters. The maximum Gasteiger partial charge on any atom is 0.234 e. The molecule has 3 rings (SSSR count). The smallest absolute Gasteiger partial charge is 0.234 e. The number of halogens is 2. The Kier molecular flexibility index (Phi) is 8.62. The van der Waals surface area contributed by atoms with Crippen molar-refractivity contribution in [2.45, 2.75) is 51.0 Å². The lowest BCUT2D eigenvalue weighted by Crippen LogP contribution is -2.39. The molecule has 0 heterocycles. The Morgan fingerprint density at radius 1 is 1.03 bits per heavy atom. The largest absolute Gasteiger partial charge is 0.489 e. The van der Waals surface area contributed by atoms with E-state index in [4.69, 9.17) is 10.5 Å². The third kappa shape index (κ3) is 8.48. The molecule has 2 aliphatic rings. The van der Waals surface area contributed by atoms with Crippen LogP contribution in [0.1, 0.15) is 31.9 Å². The van der Waals surface area contributed by atoms with Crippen molar-refractivity contribution in [3.05, 3.63) is 101 Å². The molecular formula is C29H34F2N2O2.